The number of carbonyl (C=O) groups is 2. The summed E-state index contributed by atoms with van der Waals surface area (Å²) in [6.45, 7) is 11.3. The predicted octanol–water partition coefficient (Wildman–Crippen LogP) is 6.27. The number of nitrogens with zero attached hydrogens (tertiary/aromatic N) is 2. The Morgan fingerprint density at radius 2 is 1.82 bits per heavy atom. The van der Waals surface area contributed by atoms with Gasteiger partial charge in [0.05, 0.1) is 17.0 Å². The molecule has 2 aliphatic heterocycles. The lowest BCUT2D eigenvalue weighted by Crippen LogP contribution is -2.45. The number of carbonyl (C=O) groups excluding carboxylic acids is 2. The number of anilines is 1. The molecule has 0 N–H and O–H groups in total. The summed E-state index contributed by atoms with van der Waals surface area (Å²) in [5, 5.41) is -0.378. The van der Waals surface area contributed by atoms with Crippen LogP contribution < -0.4 is 9.64 Å². The molecule has 0 saturated carbocycles. The molecular formula is C27H29FN2O3S. The van der Waals surface area contributed by atoms with E-state index < -0.39 is 11.7 Å². The number of halogens is 1. The highest BCUT2D eigenvalue weighted by atomic mass is 32.2. The van der Waals surface area contributed by atoms with E-state index in [0.717, 1.165) is 45.6 Å². The van der Waals surface area contributed by atoms with Gasteiger partial charge in [-0.25, -0.2) is 4.39 Å². The molecule has 0 aromatic heterocycles. The predicted molar refractivity (Wildman–Crippen MR) is 137 cm³/mol. The molecule has 2 aliphatic rings. The lowest BCUT2D eigenvalue weighted by molar-refractivity contribution is -0.123. The zero-order valence-electron chi connectivity index (χ0n) is 20.1. The molecule has 0 unspecified atom stereocenters. The number of hydrogen-bond acceptors (Lipinski definition) is 5. The number of ether oxygens (including phenoxy) is 1. The number of fused-ring (bicyclic) bond motifs is 1. The third-order valence-electron chi connectivity index (χ3n) is 6.18. The molecule has 0 radical (unpaired) electrons. The van der Waals surface area contributed by atoms with E-state index in [1.807, 2.05) is 45.0 Å². The van der Waals surface area contributed by atoms with Gasteiger partial charge in [-0.1, -0.05) is 23.8 Å². The summed E-state index contributed by atoms with van der Waals surface area (Å²) in [5.74, 6) is -0.169. The maximum atomic E-state index is 15.1. The molecule has 4 rings (SSSR count). The van der Waals surface area contributed by atoms with Gasteiger partial charge in [-0.05, 0) is 82.3 Å². The van der Waals surface area contributed by atoms with E-state index in [2.05, 4.69) is 24.8 Å². The van der Waals surface area contributed by atoms with Crippen molar-refractivity contribution in [1.82, 2.24) is 4.90 Å². The first-order valence-electron chi connectivity index (χ1n) is 11.4. The highest BCUT2D eigenvalue weighted by Gasteiger charge is 2.36. The van der Waals surface area contributed by atoms with Crippen LogP contribution in [0.15, 0.2) is 47.4 Å². The second kappa shape index (κ2) is 9.29. The van der Waals surface area contributed by atoms with E-state index in [9.17, 15) is 9.59 Å². The molecule has 1 fully saturated rings. The van der Waals surface area contributed by atoms with Gasteiger partial charge < -0.3 is 9.64 Å². The van der Waals surface area contributed by atoms with Crippen molar-refractivity contribution in [1.29, 1.82) is 0 Å². The fourth-order valence-electron chi connectivity index (χ4n) is 4.53. The highest BCUT2D eigenvalue weighted by molar-refractivity contribution is 8.18. The zero-order valence-corrected chi connectivity index (χ0v) is 21.0. The average molecular weight is 481 g/mol. The molecule has 1 saturated heterocycles. The normalized spacial score (nSPS) is 18.4. The molecule has 5 nitrogen and oxygen atoms in total. The SMILES string of the molecule is CCN1c2cc(F)c(/C=C3/SC(=O)N(CCOc4ccc(C)cc4)C3=O)cc2C(C)=CC1(C)C. The smallest absolute Gasteiger partial charge is 0.293 e. The first-order chi connectivity index (χ1) is 16.1. The van der Waals surface area contributed by atoms with E-state index >= 15 is 4.39 Å². The van der Waals surface area contributed by atoms with Crippen LogP contribution in [0.5, 0.6) is 5.75 Å². The van der Waals surface area contributed by atoms with Crippen LogP contribution in [-0.2, 0) is 4.79 Å². The Morgan fingerprint density at radius 1 is 1.12 bits per heavy atom. The number of thioether (sulfide) groups is 1. The van der Waals surface area contributed by atoms with Gasteiger partial charge in [0.25, 0.3) is 11.1 Å². The number of amides is 2. The van der Waals surface area contributed by atoms with Crippen molar-refractivity contribution in [2.75, 3.05) is 24.6 Å². The van der Waals surface area contributed by atoms with Gasteiger partial charge in [-0.2, -0.15) is 0 Å². The third-order valence-corrected chi connectivity index (χ3v) is 7.08. The Kier molecular flexibility index (Phi) is 6.58. The van der Waals surface area contributed by atoms with Crippen molar-refractivity contribution in [3.05, 3.63) is 69.9 Å². The van der Waals surface area contributed by atoms with Gasteiger partial charge in [0.1, 0.15) is 18.2 Å². The number of likely N-dealkylation sites (N-methyl/N-ethyl adjacent to an activating group) is 1. The van der Waals surface area contributed by atoms with Crippen LogP contribution in [-0.4, -0.2) is 41.3 Å². The molecule has 34 heavy (non-hydrogen) atoms. The summed E-state index contributed by atoms with van der Waals surface area (Å²) in [6.07, 6.45) is 3.65. The van der Waals surface area contributed by atoms with Crippen LogP contribution in [0.3, 0.4) is 0 Å². The number of rotatable bonds is 6. The minimum Gasteiger partial charge on any atom is -0.492 e. The van der Waals surface area contributed by atoms with Crippen LogP contribution in [0.2, 0.25) is 0 Å². The second-order valence-corrected chi connectivity index (χ2v) is 10.1. The largest absolute Gasteiger partial charge is 0.492 e. The second-order valence-electron chi connectivity index (χ2n) is 9.11. The van der Waals surface area contributed by atoms with Crippen molar-refractivity contribution < 1.29 is 18.7 Å². The molecule has 2 heterocycles. The summed E-state index contributed by atoms with van der Waals surface area (Å²) in [7, 11) is 0. The van der Waals surface area contributed by atoms with Gasteiger partial charge in [-0.15, -0.1) is 0 Å². The molecule has 2 aromatic rings. The van der Waals surface area contributed by atoms with Gasteiger partial charge in [0, 0.05) is 23.4 Å². The van der Waals surface area contributed by atoms with Gasteiger partial charge in [0.15, 0.2) is 0 Å². The summed E-state index contributed by atoms with van der Waals surface area (Å²) >= 11 is 0.828. The maximum Gasteiger partial charge on any atom is 0.293 e. The minimum atomic E-state index is -0.428. The first kappa shape index (κ1) is 24.1. The molecule has 0 atom stereocenters. The Morgan fingerprint density at radius 3 is 2.50 bits per heavy atom. The van der Waals surface area contributed by atoms with E-state index in [1.54, 1.807) is 6.07 Å². The van der Waals surface area contributed by atoms with E-state index in [4.69, 9.17) is 4.74 Å². The Balaban J connectivity index is 1.53. The molecule has 0 spiro atoms. The molecule has 2 aromatic carbocycles. The standard InChI is InChI=1S/C27H29FN2O3S/c1-6-30-23-15-22(28)19(13-21(23)18(3)16-27(30,4)5)14-24-25(31)29(26(32)34-24)11-12-33-20-9-7-17(2)8-10-20/h7-10,13-16H,6,11-12H2,1-5H3/b24-14+. The van der Waals surface area contributed by atoms with Crippen LogP contribution in [0.1, 0.15) is 44.4 Å². The number of allylic oxidation sites excluding steroid dienone is 1. The Hall–Kier alpha value is -3.06. The molecule has 0 aliphatic carbocycles. The molecule has 7 heteroatoms. The summed E-state index contributed by atoms with van der Waals surface area (Å²) < 4.78 is 20.8. The van der Waals surface area contributed by atoms with E-state index in [0.29, 0.717) is 11.3 Å². The van der Waals surface area contributed by atoms with Crippen molar-refractivity contribution in [3.63, 3.8) is 0 Å². The number of hydrogen-bond donors (Lipinski definition) is 0. The number of imide groups is 1. The van der Waals surface area contributed by atoms with Crippen LogP contribution in [0, 0.1) is 12.7 Å². The third kappa shape index (κ3) is 4.62. The molecule has 178 valence electrons. The van der Waals surface area contributed by atoms with E-state index in [1.165, 1.54) is 12.1 Å². The van der Waals surface area contributed by atoms with Crippen molar-refractivity contribution in [2.24, 2.45) is 0 Å². The zero-order chi connectivity index (χ0) is 24.6. The van der Waals surface area contributed by atoms with Crippen molar-refractivity contribution >= 4 is 40.2 Å². The van der Waals surface area contributed by atoms with Crippen LogP contribution >= 0.6 is 11.8 Å². The highest BCUT2D eigenvalue weighted by Crippen LogP contribution is 2.41. The number of benzene rings is 2. The molecular weight excluding hydrogens is 451 g/mol. The summed E-state index contributed by atoms with van der Waals surface area (Å²) in [5.41, 5.74) is 4.02. The number of aryl methyl sites for hydroxylation is 1. The lowest BCUT2D eigenvalue weighted by Gasteiger charge is -2.42. The summed E-state index contributed by atoms with van der Waals surface area (Å²) in [4.78, 5) is 28.8. The molecule has 0 bridgehead atoms. The van der Waals surface area contributed by atoms with Crippen molar-refractivity contribution in [2.45, 2.75) is 40.2 Å². The fraction of sp³-hybridized carbons (Fsp3) is 0.333. The molecule has 2 amide bonds. The monoisotopic (exact) mass is 480 g/mol. The Bertz CT molecular complexity index is 1200. The Labute approximate surface area is 204 Å². The van der Waals surface area contributed by atoms with Gasteiger partial charge in [0.2, 0.25) is 0 Å². The minimum absolute atomic E-state index is 0.130. The van der Waals surface area contributed by atoms with Crippen molar-refractivity contribution in [3.8, 4) is 5.75 Å². The quantitative estimate of drug-likeness (QED) is 0.456. The van der Waals surface area contributed by atoms with Gasteiger partial charge in [-0.3, -0.25) is 14.5 Å². The average Bonchev–Trinajstić information content (AvgIpc) is 3.03. The summed E-state index contributed by atoms with van der Waals surface area (Å²) in [6, 6.07) is 10.9. The fourth-order valence-corrected chi connectivity index (χ4v) is 5.38. The van der Waals surface area contributed by atoms with Gasteiger partial charge >= 0.3 is 0 Å². The lowest BCUT2D eigenvalue weighted by atomic mass is 9.88. The van der Waals surface area contributed by atoms with Crippen LogP contribution in [0.25, 0.3) is 11.6 Å². The first-order valence-corrected chi connectivity index (χ1v) is 12.2. The topological polar surface area (TPSA) is 49.9 Å². The van der Waals surface area contributed by atoms with E-state index in [-0.39, 0.29) is 28.8 Å². The van der Waals surface area contributed by atoms with Crippen LogP contribution in [0.4, 0.5) is 14.9 Å². The maximum absolute atomic E-state index is 15.1.